The van der Waals surface area contributed by atoms with Crippen LogP contribution in [0.5, 0.6) is 0 Å². The first-order chi connectivity index (χ1) is 9.24. The van der Waals surface area contributed by atoms with Gasteiger partial charge in [0.15, 0.2) is 0 Å². The minimum absolute atomic E-state index is 0.170. The third kappa shape index (κ3) is 2.41. The lowest BCUT2D eigenvalue weighted by Gasteiger charge is -2.32. The quantitative estimate of drug-likeness (QED) is 0.896. The fourth-order valence-electron chi connectivity index (χ4n) is 2.76. The van der Waals surface area contributed by atoms with E-state index in [-0.39, 0.29) is 5.92 Å². The Labute approximate surface area is 112 Å². The van der Waals surface area contributed by atoms with Crippen molar-refractivity contribution in [2.24, 2.45) is 5.92 Å². The summed E-state index contributed by atoms with van der Waals surface area (Å²) < 4.78 is 0. The number of hydrogen-bond donors (Lipinski definition) is 1. The first kappa shape index (κ1) is 12.0. The van der Waals surface area contributed by atoms with E-state index in [4.69, 9.17) is 5.11 Å². The van der Waals surface area contributed by atoms with Crippen LogP contribution in [-0.2, 0) is 4.79 Å². The van der Waals surface area contributed by atoms with Crippen LogP contribution < -0.4 is 4.90 Å². The van der Waals surface area contributed by atoms with Crippen LogP contribution in [0.25, 0.3) is 10.8 Å². The summed E-state index contributed by atoms with van der Waals surface area (Å²) >= 11 is 0. The van der Waals surface area contributed by atoms with E-state index in [0.29, 0.717) is 0 Å². The molecule has 3 nitrogen and oxygen atoms in total. The Balaban J connectivity index is 1.80. The van der Waals surface area contributed by atoms with Crippen molar-refractivity contribution in [1.29, 1.82) is 0 Å². The maximum Gasteiger partial charge on any atom is 0.306 e. The summed E-state index contributed by atoms with van der Waals surface area (Å²) in [5.41, 5.74) is 1.20. The predicted molar refractivity (Wildman–Crippen MR) is 76.5 cm³/mol. The third-order valence-electron chi connectivity index (χ3n) is 3.94. The van der Waals surface area contributed by atoms with Crippen molar-refractivity contribution >= 4 is 22.4 Å². The maximum atomic E-state index is 11.0. The molecular formula is C16H17NO2. The molecule has 2 aromatic carbocycles. The number of piperidine rings is 1. The molecule has 1 fully saturated rings. The van der Waals surface area contributed by atoms with Gasteiger partial charge in [-0.1, -0.05) is 30.3 Å². The molecule has 2 aromatic rings. The van der Waals surface area contributed by atoms with Gasteiger partial charge in [-0.2, -0.15) is 0 Å². The van der Waals surface area contributed by atoms with Gasteiger partial charge in [0.05, 0.1) is 5.92 Å². The SMILES string of the molecule is O=C(O)C1CCN(c2ccc3ccccc3c2)CC1. The average Bonchev–Trinajstić information content (AvgIpc) is 2.47. The van der Waals surface area contributed by atoms with E-state index in [0.717, 1.165) is 25.9 Å². The first-order valence-electron chi connectivity index (χ1n) is 6.70. The lowest BCUT2D eigenvalue weighted by Crippen LogP contribution is -2.36. The number of benzene rings is 2. The van der Waals surface area contributed by atoms with Gasteiger partial charge in [-0.25, -0.2) is 0 Å². The van der Waals surface area contributed by atoms with Crippen LogP contribution in [0.15, 0.2) is 42.5 Å². The van der Waals surface area contributed by atoms with E-state index in [1.54, 1.807) is 0 Å². The van der Waals surface area contributed by atoms with E-state index < -0.39 is 5.97 Å². The zero-order valence-corrected chi connectivity index (χ0v) is 10.7. The highest BCUT2D eigenvalue weighted by atomic mass is 16.4. The second kappa shape index (κ2) is 4.92. The molecule has 1 aliphatic heterocycles. The largest absolute Gasteiger partial charge is 0.481 e. The van der Waals surface area contributed by atoms with Crippen molar-refractivity contribution in [3.8, 4) is 0 Å². The van der Waals surface area contributed by atoms with Crippen LogP contribution in [0, 0.1) is 5.92 Å². The number of hydrogen-bond acceptors (Lipinski definition) is 2. The van der Waals surface area contributed by atoms with Crippen molar-refractivity contribution in [3.05, 3.63) is 42.5 Å². The van der Waals surface area contributed by atoms with E-state index in [1.165, 1.54) is 16.5 Å². The molecule has 0 radical (unpaired) electrons. The molecule has 98 valence electrons. The van der Waals surface area contributed by atoms with Crippen LogP contribution in [0.3, 0.4) is 0 Å². The van der Waals surface area contributed by atoms with E-state index in [9.17, 15) is 4.79 Å². The maximum absolute atomic E-state index is 11.0. The van der Waals surface area contributed by atoms with Crippen LogP contribution in [-0.4, -0.2) is 24.2 Å². The molecule has 3 heteroatoms. The molecule has 0 spiro atoms. The molecular weight excluding hydrogens is 238 g/mol. The number of carbonyl (C=O) groups is 1. The summed E-state index contributed by atoms with van der Waals surface area (Å²) in [5, 5.41) is 11.5. The van der Waals surface area contributed by atoms with Crippen LogP contribution in [0.4, 0.5) is 5.69 Å². The lowest BCUT2D eigenvalue weighted by atomic mass is 9.96. The monoisotopic (exact) mass is 255 g/mol. The molecule has 0 amide bonds. The molecule has 1 aliphatic rings. The van der Waals surface area contributed by atoms with E-state index in [1.807, 2.05) is 12.1 Å². The molecule has 0 atom stereocenters. The van der Waals surface area contributed by atoms with Gasteiger partial charge in [-0.05, 0) is 35.7 Å². The Morgan fingerprint density at radius 1 is 1.05 bits per heavy atom. The smallest absolute Gasteiger partial charge is 0.306 e. The Morgan fingerprint density at radius 2 is 1.74 bits per heavy atom. The molecule has 0 unspecified atom stereocenters. The minimum atomic E-state index is -0.654. The fraction of sp³-hybridized carbons (Fsp3) is 0.312. The van der Waals surface area contributed by atoms with Crippen LogP contribution in [0.1, 0.15) is 12.8 Å². The summed E-state index contributed by atoms with van der Waals surface area (Å²) in [6.45, 7) is 1.66. The van der Waals surface area contributed by atoms with Crippen molar-refractivity contribution in [1.82, 2.24) is 0 Å². The first-order valence-corrected chi connectivity index (χ1v) is 6.70. The van der Waals surface area contributed by atoms with Crippen LogP contribution >= 0.6 is 0 Å². The standard InChI is InChI=1S/C16H17NO2/c18-16(19)13-7-9-17(10-8-13)15-6-5-12-3-1-2-4-14(12)11-15/h1-6,11,13H,7-10H2,(H,18,19). The number of anilines is 1. The molecule has 1 N–H and O–H groups in total. The van der Waals surface area contributed by atoms with Crippen molar-refractivity contribution < 1.29 is 9.90 Å². The van der Waals surface area contributed by atoms with Crippen molar-refractivity contribution in [2.45, 2.75) is 12.8 Å². The highest BCUT2D eigenvalue weighted by molar-refractivity contribution is 5.85. The summed E-state index contributed by atoms with van der Waals surface area (Å²) in [6.07, 6.45) is 1.48. The molecule has 19 heavy (non-hydrogen) atoms. The summed E-state index contributed by atoms with van der Waals surface area (Å²) in [5.74, 6) is -0.824. The third-order valence-corrected chi connectivity index (χ3v) is 3.94. The summed E-state index contributed by atoms with van der Waals surface area (Å²) in [6, 6.07) is 14.8. The Kier molecular flexibility index (Phi) is 3.11. The second-order valence-corrected chi connectivity index (χ2v) is 5.13. The van der Waals surface area contributed by atoms with Crippen molar-refractivity contribution in [2.75, 3.05) is 18.0 Å². The Bertz CT molecular complexity index is 600. The van der Waals surface area contributed by atoms with E-state index >= 15 is 0 Å². The summed E-state index contributed by atoms with van der Waals surface area (Å²) in [7, 11) is 0. The molecule has 1 heterocycles. The molecule has 3 rings (SSSR count). The highest BCUT2D eigenvalue weighted by Crippen LogP contribution is 2.26. The van der Waals surface area contributed by atoms with Crippen molar-refractivity contribution in [3.63, 3.8) is 0 Å². The Morgan fingerprint density at radius 3 is 2.42 bits per heavy atom. The van der Waals surface area contributed by atoms with Gasteiger partial charge in [0.25, 0.3) is 0 Å². The predicted octanol–water partition coefficient (Wildman–Crippen LogP) is 3.14. The van der Waals surface area contributed by atoms with Gasteiger partial charge in [-0.3, -0.25) is 4.79 Å². The average molecular weight is 255 g/mol. The molecule has 0 aromatic heterocycles. The number of nitrogens with zero attached hydrogens (tertiary/aromatic N) is 1. The van der Waals surface area contributed by atoms with Gasteiger partial charge in [0, 0.05) is 18.8 Å². The van der Waals surface area contributed by atoms with E-state index in [2.05, 4.69) is 35.2 Å². The number of fused-ring (bicyclic) bond motifs is 1. The topological polar surface area (TPSA) is 40.5 Å². The number of carboxylic acid groups (broad SMARTS) is 1. The number of aliphatic carboxylic acids is 1. The number of carboxylic acids is 1. The molecule has 1 saturated heterocycles. The normalized spacial score (nSPS) is 16.7. The number of rotatable bonds is 2. The van der Waals surface area contributed by atoms with Gasteiger partial charge in [-0.15, -0.1) is 0 Å². The minimum Gasteiger partial charge on any atom is -0.481 e. The van der Waals surface area contributed by atoms with Gasteiger partial charge in [0.2, 0.25) is 0 Å². The van der Waals surface area contributed by atoms with Gasteiger partial charge in [0.1, 0.15) is 0 Å². The fourth-order valence-corrected chi connectivity index (χ4v) is 2.76. The van der Waals surface area contributed by atoms with Gasteiger partial charge >= 0.3 is 5.97 Å². The lowest BCUT2D eigenvalue weighted by molar-refractivity contribution is -0.142. The zero-order valence-electron chi connectivity index (χ0n) is 10.7. The zero-order chi connectivity index (χ0) is 13.2. The molecule has 0 aliphatic carbocycles. The summed E-state index contributed by atoms with van der Waals surface area (Å²) in [4.78, 5) is 13.2. The molecule has 0 bridgehead atoms. The second-order valence-electron chi connectivity index (χ2n) is 5.13. The van der Waals surface area contributed by atoms with Crippen LogP contribution in [0.2, 0.25) is 0 Å². The Hall–Kier alpha value is -2.03. The molecule has 0 saturated carbocycles. The van der Waals surface area contributed by atoms with Gasteiger partial charge < -0.3 is 10.0 Å². The highest BCUT2D eigenvalue weighted by Gasteiger charge is 2.24.